The van der Waals surface area contributed by atoms with Crippen LogP contribution in [0.2, 0.25) is 0 Å². The Labute approximate surface area is 109 Å². The lowest BCUT2D eigenvalue weighted by molar-refractivity contribution is -0.136. The number of aliphatic hydroxyl groups is 5. The summed E-state index contributed by atoms with van der Waals surface area (Å²) in [5.74, 6) is 4.35. The molecule has 0 amide bonds. The van der Waals surface area contributed by atoms with Gasteiger partial charge in [-0.25, -0.2) is 5.84 Å². The molecule has 4 unspecified atom stereocenters. The predicted molar refractivity (Wildman–Crippen MR) is 63.7 cm³/mol. The van der Waals surface area contributed by atoms with Gasteiger partial charge in [-0.1, -0.05) is 0 Å². The smallest absolute Gasteiger partial charge is 0.200 e. The van der Waals surface area contributed by atoms with Crippen molar-refractivity contribution in [3.8, 4) is 0 Å². The van der Waals surface area contributed by atoms with Crippen molar-refractivity contribution in [3.05, 3.63) is 0 Å². The maximum absolute atomic E-state index is 9.90. The number of hydrazine groups is 1. The fourth-order valence-corrected chi connectivity index (χ4v) is 0.618. The SMILES string of the molecule is Cl.N=C(N)NN.O=CC(O)C(O)C(O)C(O)CO. The highest BCUT2D eigenvalue weighted by Crippen LogP contribution is 2.02. The molecule has 0 saturated carbocycles. The second-order valence-electron chi connectivity index (χ2n) is 2.92. The largest absolute Gasteiger partial charge is 0.394 e. The summed E-state index contributed by atoms with van der Waals surface area (Å²) in [6, 6.07) is 0. The molecule has 0 radical (unpaired) electrons. The number of halogens is 1. The molecule has 0 aromatic carbocycles. The summed E-state index contributed by atoms with van der Waals surface area (Å²) in [5.41, 5.74) is 6.53. The Morgan fingerprint density at radius 2 is 1.67 bits per heavy atom. The van der Waals surface area contributed by atoms with Gasteiger partial charge in [0.25, 0.3) is 0 Å². The second kappa shape index (κ2) is 12.4. The topological polar surface area (TPSA) is 206 Å². The summed E-state index contributed by atoms with van der Waals surface area (Å²) >= 11 is 0. The van der Waals surface area contributed by atoms with Gasteiger partial charge in [0.15, 0.2) is 12.2 Å². The first-order chi connectivity index (χ1) is 7.81. The predicted octanol–water partition coefficient (Wildman–Crippen LogP) is -4.61. The number of hydrogen-bond donors (Lipinski definition) is 9. The van der Waals surface area contributed by atoms with E-state index in [1.807, 2.05) is 5.43 Å². The van der Waals surface area contributed by atoms with Crippen molar-refractivity contribution in [2.75, 3.05) is 6.61 Å². The Balaban J connectivity index is -0.000000321. The van der Waals surface area contributed by atoms with E-state index in [9.17, 15) is 4.79 Å². The minimum absolute atomic E-state index is 0. The molecule has 10 nitrogen and oxygen atoms in total. The Morgan fingerprint density at radius 1 is 1.28 bits per heavy atom. The fraction of sp³-hybridized carbons (Fsp3) is 0.714. The molecule has 0 aliphatic heterocycles. The van der Waals surface area contributed by atoms with Crippen LogP contribution < -0.4 is 17.0 Å². The van der Waals surface area contributed by atoms with Crippen LogP contribution in [0, 0.1) is 5.41 Å². The van der Waals surface area contributed by atoms with E-state index in [-0.39, 0.29) is 24.7 Å². The maximum Gasteiger partial charge on any atom is 0.200 e. The molecule has 0 aliphatic rings. The third-order valence-electron chi connectivity index (χ3n) is 1.58. The van der Waals surface area contributed by atoms with Crippen molar-refractivity contribution < 1.29 is 30.3 Å². The molecule has 0 spiro atoms. The molecule has 4 atom stereocenters. The molecule has 0 heterocycles. The monoisotopic (exact) mass is 290 g/mol. The van der Waals surface area contributed by atoms with Crippen LogP contribution in [0.1, 0.15) is 0 Å². The van der Waals surface area contributed by atoms with Gasteiger partial charge in [0.05, 0.1) is 6.61 Å². The molecule has 11 N–H and O–H groups in total. The van der Waals surface area contributed by atoms with Gasteiger partial charge in [-0.15, -0.1) is 12.4 Å². The summed E-state index contributed by atoms with van der Waals surface area (Å²) in [5, 5.41) is 49.8. The Bertz CT molecular complexity index is 234. The van der Waals surface area contributed by atoms with Crippen molar-refractivity contribution in [2.24, 2.45) is 11.6 Å². The van der Waals surface area contributed by atoms with Gasteiger partial charge in [-0.2, -0.15) is 0 Å². The Hall–Kier alpha value is -1.01. The van der Waals surface area contributed by atoms with Crippen LogP contribution in [-0.4, -0.2) is 68.8 Å². The highest BCUT2D eigenvalue weighted by atomic mass is 35.5. The van der Waals surface area contributed by atoms with Crippen LogP contribution in [0.5, 0.6) is 0 Å². The normalized spacial score (nSPS) is 15.9. The summed E-state index contributed by atoms with van der Waals surface area (Å²) in [6.07, 6.45) is -6.84. The third kappa shape index (κ3) is 10.2. The number of rotatable bonds is 5. The minimum atomic E-state index is -1.79. The first-order valence-electron chi connectivity index (χ1n) is 4.40. The molecule has 0 bridgehead atoms. The zero-order valence-electron chi connectivity index (χ0n) is 9.30. The van der Waals surface area contributed by atoms with E-state index < -0.39 is 31.0 Å². The van der Waals surface area contributed by atoms with Gasteiger partial charge in [0, 0.05) is 0 Å². The van der Waals surface area contributed by atoms with Crippen molar-refractivity contribution in [1.82, 2.24) is 5.43 Å². The van der Waals surface area contributed by atoms with Gasteiger partial charge in [-0.05, 0) is 0 Å². The molecular formula is C7H19ClN4O6. The Morgan fingerprint density at radius 3 is 1.89 bits per heavy atom. The highest BCUT2D eigenvalue weighted by Gasteiger charge is 2.29. The number of aldehydes is 1. The summed E-state index contributed by atoms with van der Waals surface area (Å²) < 4.78 is 0. The maximum atomic E-state index is 9.90. The van der Waals surface area contributed by atoms with Gasteiger partial charge >= 0.3 is 0 Å². The van der Waals surface area contributed by atoms with E-state index in [4.69, 9.17) is 30.9 Å². The average molecular weight is 291 g/mol. The lowest BCUT2D eigenvalue weighted by atomic mass is 10.0. The zero-order valence-corrected chi connectivity index (χ0v) is 10.1. The number of nitrogens with one attached hydrogen (secondary N) is 2. The number of carbonyl (C=O) groups excluding carboxylic acids is 1. The van der Waals surface area contributed by atoms with Crippen LogP contribution >= 0.6 is 12.4 Å². The lowest BCUT2D eigenvalue weighted by Gasteiger charge is -2.22. The van der Waals surface area contributed by atoms with E-state index in [2.05, 4.69) is 11.6 Å². The lowest BCUT2D eigenvalue weighted by Crippen LogP contribution is -2.46. The van der Waals surface area contributed by atoms with Crippen molar-refractivity contribution in [2.45, 2.75) is 24.4 Å². The van der Waals surface area contributed by atoms with Gasteiger partial charge in [0.1, 0.15) is 24.4 Å². The highest BCUT2D eigenvalue weighted by molar-refractivity contribution is 5.85. The van der Waals surface area contributed by atoms with E-state index in [0.29, 0.717) is 0 Å². The third-order valence-corrected chi connectivity index (χ3v) is 1.58. The van der Waals surface area contributed by atoms with Crippen molar-refractivity contribution in [1.29, 1.82) is 5.41 Å². The van der Waals surface area contributed by atoms with Crippen molar-refractivity contribution in [3.63, 3.8) is 0 Å². The van der Waals surface area contributed by atoms with Crippen LogP contribution in [-0.2, 0) is 4.79 Å². The number of guanidine groups is 1. The molecule has 0 rings (SSSR count). The van der Waals surface area contributed by atoms with E-state index in [1.54, 1.807) is 0 Å². The van der Waals surface area contributed by atoms with Gasteiger partial charge in [-0.3, -0.25) is 10.8 Å². The van der Waals surface area contributed by atoms with Gasteiger partial charge in [0.2, 0.25) is 0 Å². The molecule has 110 valence electrons. The van der Waals surface area contributed by atoms with Crippen molar-refractivity contribution >= 4 is 24.7 Å². The van der Waals surface area contributed by atoms with Crippen LogP contribution in [0.3, 0.4) is 0 Å². The number of nitrogens with two attached hydrogens (primary N) is 2. The quantitative estimate of drug-likeness (QED) is 0.0783. The number of hydrogen-bond acceptors (Lipinski definition) is 8. The summed E-state index contributed by atoms with van der Waals surface area (Å²) in [6.45, 7) is -0.760. The molecule has 0 aromatic heterocycles. The Kier molecular flexibility index (Phi) is 15.3. The fourth-order valence-electron chi connectivity index (χ4n) is 0.618. The number of carbonyl (C=O) groups is 1. The van der Waals surface area contributed by atoms with E-state index in [1.165, 1.54) is 0 Å². The van der Waals surface area contributed by atoms with Crippen LogP contribution in [0.4, 0.5) is 0 Å². The molecule has 11 heteroatoms. The molecule has 0 aromatic rings. The summed E-state index contributed by atoms with van der Waals surface area (Å²) in [7, 11) is 0. The van der Waals surface area contributed by atoms with Crippen LogP contribution in [0.25, 0.3) is 0 Å². The number of aliphatic hydroxyl groups excluding tert-OH is 5. The summed E-state index contributed by atoms with van der Waals surface area (Å²) in [4.78, 5) is 9.90. The zero-order chi connectivity index (χ0) is 14.0. The molecule has 0 aliphatic carbocycles. The standard InChI is InChI=1S/C6H12O6.CH6N4.ClH/c7-1-3(9)5(11)6(12)4(10)2-8;2-1(3)5-4;/h1,3-6,8-12H,2H2;4H2,(H4,2,3,5);1H. The molecule has 0 fully saturated rings. The van der Waals surface area contributed by atoms with Gasteiger partial charge < -0.3 is 36.1 Å². The van der Waals surface area contributed by atoms with E-state index >= 15 is 0 Å². The first kappa shape index (κ1) is 22.2. The minimum Gasteiger partial charge on any atom is -0.394 e. The van der Waals surface area contributed by atoms with E-state index in [0.717, 1.165) is 0 Å². The molecule has 0 saturated heterocycles. The average Bonchev–Trinajstić information content (AvgIpc) is 2.35. The first-order valence-corrected chi connectivity index (χ1v) is 4.40. The molecule has 18 heavy (non-hydrogen) atoms. The van der Waals surface area contributed by atoms with Crippen LogP contribution in [0.15, 0.2) is 0 Å². The second-order valence-corrected chi connectivity index (χ2v) is 2.92. The molecular weight excluding hydrogens is 272 g/mol.